The highest BCUT2D eigenvalue weighted by Gasteiger charge is 2.11. The lowest BCUT2D eigenvalue weighted by Gasteiger charge is -2.08. The van der Waals surface area contributed by atoms with Gasteiger partial charge >= 0.3 is 0 Å². The van der Waals surface area contributed by atoms with Gasteiger partial charge < -0.3 is 5.73 Å². The van der Waals surface area contributed by atoms with E-state index in [1.54, 1.807) is 0 Å². The third-order valence-corrected chi connectivity index (χ3v) is 3.32. The Bertz CT molecular complexity index is 807. The van der Waals surface area contributed by atoms with Gasteiger partial charge in [0.15, 0.2) is 0 Å². The Morgan fingerprint density at radius 1 is 1.20 bits per heavy atom. The Kier molecular flexibility index (Phi) is 2.88. The van der Waals surface area contributed by atoms with Crippen molar-refractivity contribution in [3.63, 3.8) is 0 Å². The van der Waals surface area contributed by atoms with Crippen LogP contribution >= 0.6 is 0 Å². The third-order valence-electron chi connectivity index (χ3n) is 3.32. The smallest absolute Gasteiger partial charge is 0.114 e. The molecule has 0 bridgehead atoms. The minimum atomic E-state index is 0.653. The van der Waals surface area contributed by atoms with Gasteiger partial charge in [0.05, 0.1) is 22.7 Å². The Labute approximate surface area is 117 Å². The molecular weight excluding hydrogens is 248 g/mol. The standard InChI is InChI=1S/C16H14N4/c1-2-16-19-14-9-12(18)5-8-15(14)20(16)13-6-3-11(10-17)4-7-13/h3-9H,2,18H2,1H3. The van der Waals surface area contributed by atoms with Crippen LogP contribution in [0.25, 0.3) is 16.7 Å². The number of fused-ring (bicyclic) bond motifs is 1. The normalized spacial score (nSPS) is 10.6. The highest BCUT2D eigenvalue weighted by Crippen LogP contribution is 2.24. The average Bonchev–Trinajstić information content (AvgIpc) is 2.84. The van der Waals surface area contributed by atoms with Crippen molar-refractivity contribution in [1.82, 2.24) is 9.55 Å². The fourth-order valence-electron chi connectivity index (χ4n) is 2.36. The average molecular weight is 262 g/mol. The molecule has 0 saturated carbocycles. The summed E-state index contributed by atoms with van der Waals surface area (Å²) in [5.74, 6) is 0.982. The van der Waals surface area contributed by atoms with E-state index < -0.39 is 0 Å². The van der Waals surface area contributed by atoms with E-state index in [9.17, 15) is 0 Å². The molecule has 2 aromatic carbocycles. The number of nitrogens with two attached hydrogens (primary N) is 1. The number of anilines is 1. The van der Waals surface area contributed by atoms with Crippen LogP contribution in [0.2, 0.25) is 0 Å². The molecule has 20 heavy (non-hydrogen) atoms. The van der Waals surface area contributed by atoms with Crippen LogP contribution in [0.4, 0.5) is 5.69 Å². The van der Waals surface area contributed by atoms with Crippen molar-refractivity contribution in [2.24, 2.45) is 0 Å². The SMILES string of the molecule is CCc1nc2cc(N)ccc2n1-c1ccc(C#N)cc1. The molecule has 0 aliphatic carbocycles. The summed E-state index contributed by atoms with van der Waals surface area (Å²) in [6, 6.07) is 15.4. The van der Waals surface area contributed by atoms with Crippen LogP contribution in [-0.4, -0.2) is 9.55 Å². The number of aryl methyl sites for hydroxylation is 1. The maximum atomic E-state index is 8.88. The maximum Gasteiger partial charge on any atom is 0.114 e. The van der Waals surface area contributed by atoms with Gasteiger partial charge in [0.2, 0.25) is 0 Å². The second kappa shape index (κ2) is 4.71. The molecule has 98 valence electrons. The number of nitrogens with zero attached hydrogens (tertiary/aromatic N) is 3. The van der Waals surface area contributed by atoms with Crippen molar-refractivity contribution >= 4 is 16.7 Å². The topological polar surface area (TPSA) is 67.6 Å². The fourth-order valence-corrected chi connectivity index (χ4v) is 2.36. The summed E-state index contributed by atoms with van der Waals surface area (Å²) in [6.45, 7) is 2.07. The Balaban J connectivity index is 2.25. The number of rotatable bonds is 2. The molecule has 1 aromatic heterocycles. The van der Waals surface area contributed by atoms with E-state index in [2.05, 4.69) is 22.5 Å². The van der Waals surface area contributed by atoms with Gasteiger partial charge in [0.1, 0.15) is 5.82 Å². The summed E-state index contributed by atoms with van der Waals surface area (Å²) in [6.07, 6.45) is 0.828. The molecule has 0 amide bonds. The van der Waals surface area contributed by atoms with Crippen LogP contribution in [0.15, 0.2) is 42.5 Å². The summed E-state index contributed by atoms with van der Waals surface area (Å²) < 4.78 is 2.11. The number of nitrogen functional groups attached to an aromatic ring is 1. The zero-order chi connectivity index (χ0) is 14.1. The molecule has 0 saturated heterocycles. The van der Waals surface area contributed by atoms with Crippen molar-refractivity contribution in [3.8, 4) is 11.8 Å². The Hall–Kier alpha value is -2.80. The molecule has 0 radical (unpaired) electrons. The molecule has 4 heteroatoms. The van der Waals surface area contributed by atoms with Crippen molar-refractivity contribution in [2.45, 2.75) is 13.3 Å². The van der Waals surface area contributed by atoms with Gasteiger partial charge in [-0.25, -0.2) is 4.98 Å². The van der Waals surface area contributed by atoms with E-state index in [0.717, 1.165) is 29.0 Å². The molecule has 3 aromatic rings. The number of aromatic nitrogens is 2. The van der Waals surface area contributed by atoms with Gasteiger partial charge in [-0.2, -0.15) is 5.26 Å². The van der Waals surface area contributed by atoms with Crippen LogP contribution in [0.1, 0.15) is 18.3 Å². The van der Waals surface area contributed by atoms with Gasteiger partial charge in [-0.05, 0) is 42.5 Å². The zero-order valence-electron chi connectivity index (χ0n) is 11.2. The number of benzene rings is 2. The highest BCUT2D eigenvalue weighted by atomic mass is 15.1. The number of imidazole rings is 1. The predicted molar refractivity (Wildman–Crippen MR) is 79.6 cm³/mol. The van der Waals surface area contributed by atoms with Crippen molar-refractivity contribution in [3.05, 3.63) is 53.9 Å². The Morgan fingerprint density at radius 2 is 1.95 bits per heavy atom. The molecule has 2 N–H and O–H groups in total. The van der Waals surface area contributed by atoms with E-state index in [1.807, 2.05) is 42.5 Å². The first-order chi connectivity index (χ1) is 9.72. The van der Waals surface area contributed by atoms with Gasteiger partial charge in [0.25, 0.3) is 0 Å². The fraction of sp³-hybridized carbons (Fsp3) is 0.125. The highest BCUT2D eigenvalue weighted by molar-refractivity contribution is 5.81. The van der Waals surface area contributed by atoms with E-state index in [0.29, 0.717) is 11.3 Å². The second-order valence-corrected chi connectivity index (χ2v) is 4.62. The third kappa shape index (κ3) is 1.90. The molecule has 0 aliphatic rings. The maximum absolute atomic E-state index is 8.88. The first-order valence-electron chi connectivity index (χ1n) is 6.50. The van der Waals surface area contributed by atoms with Crippen LogP contribution in [0.5, 0.6) is 0 Å². The van der Waals surface area contributed by atoms with E-state index in [-0.39, 0.29) is 0 Å². The summed E-state index contributed by atoms with van der Waals surface area (Å²) in [5.41, 5.74) is 10.1. The largest absolute Gasteiger partial charge is 0.399 e. The van der Waals surface area contributed by atoms with E-state index in [4.69, 9.17) is 11.0 Å². The van der Waals surface area contributed by atoms with Crippen LogP contribution in [0.3, 0.4) is 0 Å². The van der Waals surface area contributed by atoms with Crippen molar-refractivity contribution in [1.29, 1.82) is 5.26 Å². The minimum absolute atomic E-state index is 0.653. The van der Waals surface area contributed by atoms with Crippen molar-refractivity contribution in [2.75, 3.05) is 5.73 Å². The van der Waals surface area contributed by atoms with Gasteiger partial charge in [-0.3, -0.25) is 4.57 Å². The molecule has 0 aliphatic heterocycles. The summed E-state index contributed by atoms with van der Waals surface area (Å²) in [4.78, 5) is 4.63. The van der Waals surface area contributed by atoms with E-state index >= 15 is 0 Å². The lowest BCUT2D eigenvalue weighted by atomic mass is 10.2. The first-order valence-corrected chi connectivity index (χ1v) is 6.50. The molecule has 4 nitrogen and oxygen atoms in total. The number of nitriles is 1. The van der Waals surface area contributed by atoms with Crippen LogP contribution in [0, 0.1) is 11.3 Å². The van der Waals surface area contributed by atoms with Gasteiger partial charge in [0, 0.05) is 17.8 Å². The minimum Gasteiger partial charge on any atom is -0.399 e. The van der Waals surface area contributed by atoms with Crippen LogP contribution in [-0.2, 0) is 6.42 Å². The molecule has 0 spiro atoms. The lowest BCUT2D eigenvalue weighted by molar-refractivity contribution is 0.908. The lowest BCUT2D eigenvalue weighted by Crippen LogP contribution is -1.99. The monoisotopic (exact) mass is 262 g/mol. The number of hydrogen-bond acceptors (Lipinski definition) is 3. The van der Waals surface area contributed by atoms with Crippen LogP contribution < -0.4 is 5.73 Å². The van der Waals surface area contributed by atoms with Gasteiger partial charge in [-0.15, -0.1) is 0 Å². The predicted octanol–water partition coefficient (Wildman–Crippen LogP) is 3.04. The van der Waals surface area contributed by atoms with E-state index in [1.165, 1.54) is 0 Å². The number of hydrogen-bond donors (Lipinski definition) is 1. The molecule has 0 fully saturated rings. The summed E-state index contributed by atoms with van der Waals surface area (Å²) >= 11 is 0. The molecular formula is C16H14N4. The quantitative estimate of drug-likeness (QED) is 0.722. The second-order valence-electron chi connectivity index (χ2n) is 4.62. The summed E-state index contributed by atoms with van der Waals surface area (Å²) in [7, 11) is 0. The van der Waals surface area contributed by atoms with Gasteiger partial charge in [-0.1, -0.05) is 6.92 Å². The molecule has 3 rings (SSSR count). The molecule has 1 heterocycles. The summed E-state index contributed by atoms with van der Waals surface area (Å²) in [5, 5.41) is 8.88. The Morgan fingerprint density at radius 3 is 2.60 bits per heavy atom. The van der Waals surface area contributed by atoms with Crippen molar-refractivity contribution < 1.29 is 0 Å². The molecule has 0 unspecified atom stereocenters. The zero-order valence-corrected chi connectivity index (χ0v) is 11.2. The first kappa shape index (κ1) is 12.2. The molecule has 0 atom stereocenters.